The number of piperidine rings is 1. The summed E-state index contributed by atoms with van der Waals surface area (Å²) in [6.07, 6.45) is 4.08. The first-order chi connectivity index (χ1) is 13.2. The average Bonchev–Trinajstić information content (AvgIpc) is 3.33. The fourth-order valence-electron chi connectivity index (χ4n) is 3.63. The van der Waals surface area contributed by atoms with Gasteiger partial charge in [-0.1, -0.05) is 17.3 Å². The van der Waals surface area contributed by atoms with Crippen LogP contribution in [0.4, 0.5) is 6.01 Å². The molecule has 3 heterocycles. The summed E-state index contributed by atoms with van der Waals surface area (Å²) in [5.41, 5.74) is 2.04. The van der Waals surface area contributed by atoms with Crippen molar-refractivity contribution in [3.8, 4) is 11.4 Å². The maximum Gasteiger partial charge on any atom is 0.324 e. The second-order valence-corrected chi connectivity index (χ2v) is 7.45. The summed E-state index contributed by atoms with van der Waals surface area (Å²) in [7, 11) is 0. The van der Waals surface area contributed by atoms with Gasteiger partial charge < -0.3 is 14.2 Å². The van der Waals surface area contributed by atoms with Gasteiger partial charge in [0.1, 0.15) is 0 Å². The Morgan fingerprint density at radius 1 is 1.26 bits per heavy atom. The zero-order chi connectivity index (χ0) is 18.8. The van der Waals surface area contributed by atoms with Gasteiger partial charge in [0.05, 0.1) is 11.7 Å². The summed E-state index contributed by atoms with van der Waals surface area (Å²) in [6, 6.07) is 7.09. The zero-order valence-electron chi connectivity index (χ0n) is 16.3. The molecule has 7 heteroatoms. The van der Waals surface area contributed by atoms with Crippen LogP contribution in [-0.2, 0) is 4.74 Å². The van der Waals surface area contributed by atoms with E-state index < -0.39 is 0 Å². The molecule has 0 spiro atoms. The number of benzene rings is 1. The molecule has 1 aliphatic heterocycles. The highest BCUT2D eigenvalue weighted by Gasteiger charge is 2.23. The highest BCUT2D eigenvalue weighted by molar-refractivity contribution is 5.83. The maximum atomic E-state index is 5.56. The van der Waals surface area contributed by atoms with E-state index in [1.165, 1.54) is 0 Å². The van der Waals surface area contributed by atoms with E-state index in [4.69, 9.17) is 9.26 Å². The van der Waals surface area contributed by atoms with Crippen molar-refractivity contribution in [1.82, 2.24) is 19.9 Å². The number of ether oxygens (including phenoxy) is 1. The molecule has 1 aliphatic rings. The molecule has 0 unspecified atom stereocenters. The number of aromatic nitrogens is 4. The van der Waals surface area contributed by atoms with E-state index in [0.717, 1.165) is 55.6 Å². The Balaban J connectivity index is 1.50. The third-order valence-corrected chi connectivity index (χ3v) is 5.20. The van der Waals surface area contributed by atoms with Crippen molar-refractivity contribution in [2.24, 2.45) is 5.92 Å². The highest BCUT2D eigenvalue weighted by Crippen LogP contribution is 2.27. The Bertz CT molecular complexity index is 893. The number of fused-ring (bicyclic) bond motifs is 1. The molecule has 144 valence electrons. The fourth-order valence-corrected chi connectivity index (χ4v) is 3.63. The van der Waals surface area contributed by atoms with Gasteiger partial charge in [-0.2, -0.15) is 10.1 Å². The van der Waals surface area contributed by atoms with Crippen molar-refractivity contribution in [3.05, 3.63) is 24.4 Å². The largest absolute Gasteiger partial charge is 0.381 e. The molecule has 4 rings (SSSR count). The summed E-state index contributed by atoms with van der Waals surface area (Å²) in [5, 5.41) is 9.80. The van der Waals surface area contributed by atoms with Gasteiger partial charge in [-0.3, -0.25) is 4.68 Å². The van der Waals surface area contributed by atoms with Gasteiger partial charge in [-0.15, -0.1) is 0 Å². The van der Waals surface area contributed by atoms with Crippen LogP contribution in [0.2, 0.25) is 0 Å². The Labute approximate surface area is 159 Å². The third-order valence-electron chi connectivity index (χ3n) is 5.20. The first kappa shape index (κ1) is 18.0. The van der Waals surface area contributed by atoms with Crippen LogP contribution in [0.25, 0.3) is 22.3 Å². The second kappa shape index (κ2) is 7.68. The third kappa shape index (κ3) is 3.69. The van der Waals surface area contributed by atoms with Crippen molar-refractivity contribution in [2.75, 3.05) is 31.2 Å². The zero-order valence-corrected chi connectivity index (χ0v) is 16.3. The van der Waals surface area contributed by atoms with Gasteiger partial charge in [0.2, 0.25) is 5.82 Å². The molecule has 7 nitrogen and oxygen atoms in total. The summed E-state index contributed by atoms with van der Waals surface area (Å²) in [5.74, 6) is 1.25. The Hall–Kier alpha value is -2.41. The van der Waals surface area contributed by atoms with E-state index in [0.29, 0.717) is 23.8 Å². The van der Waals surface area contributed by atoms with Gasteiger partial charge in [-0.25, -0.2) is 0 Å². The van der Waals surface area contributed by atoms with Crippen LogP contribution < -0.4 is 4.90 Å². The van der Waals surface area contributed by atoms with Gasteiger partial charge in [0.15, 0.2) is 0 Å². The van der Waals surface area contributed by atoms with Gasteiger partial charge in [-0.05, 0) is 45.6 Å². The fraction of sp³-hybridized carbons (Fsp3) is 0.550. The monoisotopic (exact) mass is 369 g/mol. The molecular weight excluding hydrogens is 342 g/mol. The normalized spacial score (nSPS) is 15.9. The number of hydrogen-bond acceptors (Lipinski definition) is 6. The number of nitrogens with zero attached hydrogens (tertiary/aromatic N) is 5. The molecule has 0 radical (unpaired) electrons. The molecule has 0 saturated carbocycles. The van der Waals surface area contributed by atoms with E-state index in [1.54, 1.807) is 0 Å². The molecule has 0 bridgehead atoms. The number of rotatable bonds is 6. The van der Waals surface area contributed by atoms with Crippen molar-refractivity contribution in [2.45, 2.75) is 39.7 Å². The minimum Gasteiger partial charge on any atom is -0.381 e. The Morgan fingerprint density at radius 2 is 2.07 bits per heavy atom. The summed E-state index contributed by atoms with van der Waals surface area (Å²) < 4.78 is 13.1. The Morgan fingerprint density at radius 3 is 2.81 bits per heavy atom. The van der Waals surface area contributed by atoms with Gasteiger partial charge in [0, 0.05) is 43.3 Å². The Kier molecular flexibility index (Phi) is 5.11. The van der Waals surface area contributed by atoms with E-state index >= 15 is 0 Å². The standard InChI is InChI=1S/C20H27N5O2/c1-4-26-13-15-7-9-24(10-8-15)20-22-19(23-27-20)16-5-6-17-12-21-25(14(2)3)18(17)11-16/h5-6,11-12,14-15H,4,7-10,13H2,1-3H3. The quantitative estimate of drug-likeness (QED) is 0.656. The molecule has 27 heavy (non-hydrogen) atoms. The van der Waals surface area contributed by atoms with Crippen LogP contribution in [-0.4, -0.2) is 46.2 Å². The van der Waals surface area contributed by atoms with E-state index in [2.05, 4.69) is 46.1 Å². The smallest absolute Gasteiger partial charge is 0.324 e. The lowest BCUT2D eigenvalue weighted by molar-refractivity contribution is 0.0999. The number of hydrogen-bond donors (Lipinski definition) is 0. The lowest BCUT2D eigenvalue weighted by Gasteiger charge is -2.30. The lowest BCUT2D eigenvalue weighted by Crippen LogP contribution is -2.35. The average molecular weight is 369 g/mol. The minimum atomic E-state index is 0.302. The molecule has 1 saturated heterocycles. The summed E-state index contributed by atoms with van der Waals surface area (Å²) >= 11 is 0. The van der Waals surface area contributed by atoms with Crippen LogP contribution in [0.1, 0.15) is 39.7 Å². The van der Waals surface area contributed by atoms with E-state index in [9.17, 15) is 0 Å². The summed E-state index contributed by atoms with van der Waals surface area (Å²) in [4.78, 5) is 6.82. The second-order valence-electron chi connectivity index (χ2n) is 7.45. The van der Waals surface area contributed by atoms with Gasteiger partial charge in [0.25, 0.3) is 0 Å². The topological polar surface area (TPSA) is 69.2 Å². The van der Waals surface area contributed by atoms with Crippen LogP contribution >= 0.6 is 0 Å². The van der Waals surface area contributed by atoms with Crippen LogP contribution in [0.5, 0.6) is 0 Å². The van der Waals surface area contributed by atoms with Crippen LogP contribution in [0.3, 0.4) is 0 Å². The van der Waals surface area contributed by atoms with Crippen molar-refractivity contribution in [3.63, 3.8) is 0 Å². The van der Waals surface area contributed by atoms with Gasteiger partial charge >= 0.3 is 6.01 Å². The van der Waals surface area contributed by atoms with E-state index in [1.807, 2.05) is 23.9 Å². The molecule has 0 amide bonds. The molecule has 1 aromatic carbocycles. The predicted molar refractivity (Wildman–Crippen MR) is 105 cm³/mol. The molecule has 0 atom stereocenters. The minimum absolute atomic E-state index is 0.302. The molecule has 0 aliphatic carbocycles. The molecule has 0 N–H and O–H groups in total. The number of anilines is 1. The predicted octanol–water partition coefficient (Wildman–Crippen LogP) is 3.92. The first-order valence-corrected chi connectivity index (χ1v) is 9.79. The van der Waals surface area contributed by atoms with Crippen molar-refractivity contribution < 1.29 is 9.26 Å². The molecular formula is C20H27N5O2. The summed E-state index contributed by atoms with van der Waals surface area (Å²) in [6.45, 7) is 9.79. The SMILES string of the molecule is CCOCC1CCN(c2nc(-c3ccc4cnn(C(C)C)c4c3)no2)CC1. The molecule has 3 aromatic rings. The first-order valence-electron chi connectivity index (χ1n) is 9.79. The van der Waals surface area contributed by atoms with Crippen LogP contribution in [0.15, 0.2) is 28.9 Å². The molecule has 2 aromatic heterocycles. The molecule has 1 fully saturated rings. The van der Waals surface area contributed by atoms with Crippen molar-refractivity contribution >= 4 is 16.9 Å². The van der Waals surface area contributed by atoms with E-state index in [-0.39, 0.29) is 0 Å². The van der Waals surface area contributed by atoms with Crippen LogP contribution in [0, 0.1) is 5.92 Å². The highest BCUT2D eigenvalue weighted by atomic mass is 16.5. The maximum absolute atomic E-state index is 5.56. The lowest BCUT2D eigenvalue weighted by atomic mass is 9.98. The van der Waals surface area contributed by atoms with Crippen molar-refractivity contribution in [1.29, 1.82) is 0 Å².